The maximum Gasteiger partial charge on any atom is 0.262 e. The third kappa shape index (κ3) is 5.05. The van der Waals surface area contributed by atoms with E-state index in [9.17, 15) is 9.59 Å². The summed E-state index contributed by atoms with van der Waals surface area (Å²) in [6, 6.07) is 8.16. The van der Waals surface area contributed by atoms with Gasteiger partial charge in [0.2, 0.25) is 5.91 Å². The number of carbonyl (C=O) groups excluding carboxylic acids is 1. The van der Waals surface area contributed by atoms with E-state index in [0.717, 1.165) is 25.7 Å². The highest BCUT2D eigenvalue weighted by atomic mass is 32.2. The normalized spacial score (nSPS) is 18.2. The fourth-order valence-electron chi connectivity index (χ4n) is 5.17. The van der Waals surface area contributed by atoms with Crippen molar-refractivity contribution in [3.05, 3.63) is 47.3 Å². The van der Waals surface area contributed by atoms with Crippen LogP contribution >= 0.6 is 11.8 Å². The Morgan fingerprint density at radius 1 is 1.06 bits per heavy atom. The van der Waals surface area contributed by atoms with E-state index in [-0.39, 0.29) is 11.5 Å². The van der Waals surface area contributed by atoms with Gasteiger partial charge in [-0.1, -0.05) is 68.5 Å². The van der Waals surface area contributed by atoms with E-state index < -0.39 is 0 Å². The van der Waals surface area contributed by atoms with Crippen molar-refractivity contribution in [3.8, 4) is 0 Å². The Bertz CT molecular complexity index is 956. The molecule has 2 aliphatic carbocycles. The minimum atomic E-state index is -0.0723. The zero-order chi connectivity index (χ0) is 21.6. The number of fused-ring (bicyclic) bond motifs is 1. The third-order valence-electron chi connectivity index (χ3n) is 6.69. The summed E-state index contributed by atoms with van der Waals surface area (Å²) in [5.74, 6) is 0.533. The number of thioether (sulfide) groups is 1. The maximum absolute atomic E-state index is 13.5. The van der Waals surface area contributed by atoms with Crippen LogP contribution in [0.3, 0.4) is 0 Å². The zero-order valence-electron chi connectivity index (χ0n) is 18.3. The Kier molecular flexibility index (Phi) is 7.49. The third-order valence-corrected chi connectivity index (χ3v) is 7.65. The number of para-hydroxylation sites is 1. The fourth-order valence-corrected chi connectivity index (χ4v) is 6.05. The molecule has 0 radical (unpaired) electrons. The lowest BCUT2D eigenvalue weighted by molar-refractivity contribution is -0.135. The first-order valence-electron chi connectivity index (χ1n) is 11.7. The second-order valence-electron chi connectivity index (χ2n) is 8.79. The summed E-state index contributed by atoms with van der Waals surface area (Å²) < 4.78 is 1.64. The van der Waals surface area contributed by atoms with Crippen molar-refractivity contribution in [2.24, 2.45) is 0 Å². The number of hydrogen-bond acceptors (Lipinski definition) is 4. The average molecular weight is 440 g/mol. The number of allylic oxidation sites excluding steroid dienone is 1. The molecule has 0 unspecified atom stereocenters. The zero-order valence-corrected chi connectivity index (χ0v) is 19.1. The molecule has 2 aromatic rings. The summed E-state index contributed by atoms with van der Waals surface area (Å²) in [4.78, 5) is 33.4. The quantitative estimate of drug-likeness (QED) is 0.339. The Hall–Kier alpha value is -2.08. The monoisotopic (exact) mass is 439 g/mol. The SMILES string of the molecule is C=CCn1c(SCC(=O)N(C2CCCCC2)C2CCCCC2)nc2ccccc2c1=O. The molecule has 0 spiro atoms. The average Bonchev–Trinajstić information content (AvgIpc) is 2.81. The molecule has 0 bridgehead atoms. The Labute approximate surface area is 188 Å². The summed E-state index contributed by atoms with van der Waals surface area (Å²) >= 11 is 1.39. The molecule has 1 aromatic heterocycles. The molecule has 31 heavy (non-hydrogen) atoms. The predicted octanol–water partition coefficient (Wildman–Crippen LogP) is 5.17. The van der Waals surface area contributed by atoms with Crippen LogP contribution in [0.2, 0.25) is 0 Å². The van der Waals surface area contributed by atoms with Crippen LogP contribution in [0.4, 0.5) is 0 Å². The van der Waals surface area contributed by atoms with Crippen LogP contribution in [0.15, 0.2) is 46.9 Å². The first kappa shape index (κ1) is 22.1. The molecule has 1 aromatic carbocycles. The molecule has 6 heteroatoms. The number of rotatable bonds is 7. The Balaban J connectivity index is 1.56. The van der Waals surface area contributed by atoms with Gasteiger partial charge in [0.1, 0.15) is 0 Å². The van der Waals surface area contributed by atoms with Crippen molar-refractivity contribution in [3.63, 3.8) is 0 Å². The molecule has 1 heterocycles. The summed E-state index contributed by atoms with van der Waals surface area (Å²) in [7, 11) is 0. The van der Waals surface area contributed by atoms with Gasteiger partial charge in [-0.05, 0) is 37.8 Å². The van der Waals surface area contributed by atoms with Crippen LogP contribution in [-0.2, 0) is 11.3 Å². The Morgan fingerprint density at radius 3 is 2.29 bits per heavy atom. The molecule has 0 N–H and O–H groups in total. The predicted molar refractivity (Wildman–Crippen MR) is 128 cm³/mol. The summed E-state index contributed by atoms with van der Waals surface area (Å²) in [6.07, 6.45) is 13.7. The van der Waals surface area contributed by atoms with Crippen molar-refractivity contribution in [2.45, 2.75) is 88.0 Å². The van der Waals surface area contributed by atoms with Gasteiger partial charge < -0.3 is 4.90 Å². The van der Waals surface area contributed by atoms with Crippen molar-refractivity contribution >= 4 is 28.6 Å². The van der Waals surface area contributed by atoms with E-state index in [4.69, 9.17) is 4.98 Å². The standard InChI is InChI=1S/C25H33N3O2S/c1-2-17-27-24(30)21-15-9-10-16-22(21)26-25(27)31-18-23(29)28(19-11-5-3-6-12-19)20-13-7-4-8-14-20/h2,9-10,15-16,19-20H,1,3-8,11-14,17-18H2. The van der Waals surface area contributed by atoms with Gasteiger partial charge in [-0.2, -0.15) is 0 Å². The lowest BCUT2D eigenvalue weighted by Crippen LogP contribution is -2.49. The number of hydrogen-bond donors (Lipinski definition) is 0. The molecular formula is C25H33N3O2S. The molecule has 0 aliphatic heterocycles. The summed E-state index contributed by atoms with van der Waals surface area (Å²) in [5.41, 5.74) is 0.607. The molecule has 2 fully saturated rings. The molecular weight excluding hydrogens is 406 g/mol. The second-order valence-corrected chi connectivity index (χ2v) is 9.73. The smallest absolute Gasteiger partial charge is 0.262 e. The van der Waals surface area contributed by atoms with Gasteiger partial charge in [0.25, 0.3) is 5.56 Å². The van der Waals surface area contributed by atoms with Gasteiger partial charge in [-0.15, -0.1) is 6.58 Å². The van der Waals surface area contributed by atoms with Crippen LogP contribution in [0, 0.1) is 0 Å². The first-order valence-corrected chi connectivity index (χ1v) is 12.7. The summed E-state index contributed by atoms with van der Waals surface area (Å²) in [5, 5.41) is 1.20. The molecule has 0 saturated heterocycles. The van der Waals surface area contributed by atoms with E-state index in [0.29, 0.717) is 40.4 Å². The van der Waals surface area contributed by atoms with Gasteiger partial charge in [-0.25, -0.2) is 4.98 Å². The lowest BCUT2D eigenvalue weighted by Gasteiger charge is -2.41. The number of amides is 1. The van der Waals surface area contributed by atoms with Crippen LogP contribution in [0.5, 0.6) is 0 Å². The molecule has 2 saturated carbocycles. The van der Waals surface area contributed by atoms with Crippen LogP contribution in [0.1, 0.15) is 64.2 Å². The maximum atomic E-state index is 13.5. The Morgan fingerprint density at radius 2 is 1.68 bits per heavy atom. The number of nitrogens with zero attached hydrogens (tertiary/aromatic N) is 3. The van der Waals surface area contributed by atoms with Crippen LogP contribution in [0.25, 0.3) is 10.9 Å². The molecule has 1 amide bonds. The summed E-state index contributed by atoms with van der Waals surface area (Å²) in [6.45, 7) is 4.18. The highest BCUT2D eigenvalue weighted by molar-refractivity contribution is 7.99. The highest BCUT2D eigenvalue weighted by Gasteiger charge is 2.32. The topological polar surface area (TPSA) is 55.2 Å². The lowest BCUT2D eigenvalue weighted by atomic mass is 9.88. The van der Waals surface area contributed by atoms with E-state index in [1.165, 1.54) is 50.3 Å². The van der Waals surface area contributed by atoms with Gasteiger partial charge in [0, 0.05) is 18.6 Å². The number of aromatic nitrogens is 2. The van der Waals surface area contributed by atoms with Crippen molar-refractivity contribution in [1.82, 2.24) is 14.5 Å². The fraction of sp³-hybridized carbons (Fsp3) is 0.560. The van der Waals surface area contributed by atoms with E-state index >= 15 is 0 Å². The van der Waals surface area contributed by atoms with Gasteiger partial charge in [0.15, 0.2) is 5.16 Å². The largest absolute Gasteiger partial charge is 0.336 e. The van der Waals surface area contributed by atoms with Gasteiger partial charge in [0.05, 0.1) is 16.7 Å². The van der Waals surface area contributed by atoms with Crippen molar-refractivity contribution in [2.75, 3.05) is 5.75 Å². The van der Waals surface area contributed by atoms with Crippen LogP contribution < -0.4 is 5.56 Å². The highest BCUT2D eigenvalue weighted by Crippen LogP contribution is 2.31. The first-order chi connectivity index (χ1) is 15.2. The molecule has 5 nitrogen and oxygen atoms in total. The van der Waals surface area contributed by atoms with E-state index in [1.54, 1.807) is 16.7 Å². The van der Waals surface area contributed by atoms with Crippen LogP contribution in [-0.4, -0.2) is 38.2 Å². The minimum absolute atomic E-state index is 0.0723. The van der Waals surface area contributed by atoms with E-state index in [1.807, 2.05) is 18.2 Å². The molecule has 4 rings (SSSR count). The van der Waals surface area contributed by atoms with Crippen molar-refractivity contribution in [1.29, 1.82) is 0 Å². The minimum Gasteiger partial charge on any atom is -0.336 e. The van der Waals surface area contributed by atoms with Gasteiger partial charge >= 0.3 is 0 Å². The van der Waals surface area contributed by atoms with E-state index in [2.05, 4.69) is 11.5 Å². The molecule has 0 atom stereocenters. The molecule has 166 valence electrons. The van der Waals surface area contributed by atoms with Crippen molar-refractivity contribution < 1.29 is 4.79 Å². The number of carbonyl (C=O) groups is 1. The number of benzene rings is 1. The second kappa shape index (κ2) is 10.5. The molecule has 2 aliphatic rings. The van der Waals surface area contributed by atoms with Gasteiger partial charge in [-0.3, -0.25) is 14.2 Å².